The molecule has 4 atom stereocenters. The summed E-state index contributed by atoms with van der Waals surface area (Å²) < 4.78 is 22.9. The molecule has 2 aromatic heterocycles. The molecule has 228 valence electrons. The van der Waals surface area contributed by atoms with Crippen molar-refractivity contribution >= 4 is 27.5 Å². The first kappa shape index (κ1) is 26.6. The van der Waals surface area contributed by atoms with E-state index >= 15 is 0 Å². The van der Waals surface area contributed by atoms with E-state index in [1.807, 2.05) is 34.9 Å². The second-order valence-corrected chi connectivity index (χ2v) is 13.6. The van der Waals surface area contributed by atoms with E-state index in [-0.39, 0.29) is 41.0 Å². The van der Waals surface area contributed by atoms with E-state index in [4.69, 9.17) is 14.7 Å². The number of anilines is 1. The molecular weight excluding hydrogens is 559 g/mol. The Hall–Kier alpha value is -3.76. The van der Waals surface area contributed by atoms with Crippen LogP contribution in [0.2, 0.25) is 0 Å². The zero-order valence-corrected chi connectivity index (χ0v) is 24.7. The smallest absolute Gasteiger partial charge is 0.319 e. The molecule has 4 saturated heterocycles. The highest BCUT2D eigenvalue weighted by molar-refractivity contribution is 6.00. The summed E-state index contributed by atoms with van der Waals surface area (Å²) in [6.07, 6.45) is 5.50. The molecule has 10 heteroatoms. The van der Waals surface area contributed by atoms with Crippen LogP contribution in [0.25, 0.3) is 32.9 Å². The van der Waals surface area contributed by atoms with Gasteiger partial charge in [-0.15, -0.1) is 0 Å². The van der Waals surface area contributed by atoms with Crippen molar-refractivity contribution in [1.29, 1.82) is 0 Å². The largest absolute Gasteiger partial charge is 0.508 e. The van der Waals surface area contributed by atoms with Crippen LogP contribution in [0.3, 0.4) is 0 Å². The van der Waals surface area contributed by atoms with Crippen LogP contribution in [-0.4, -0.2) is 81.1 Å². The SMILES string of the molecule is O=c1c2c(N3C4CCC3CNC4)nc(OC[C@@]34CCCN3C[C@H](F)C4)nc2cc(-c2cc(O)cc3ccccc23)n1C1CC1. The fraction of sp³-hybridized carbons (Fsp3) is 0.500. The van der Waals surface area contributed by atoms with Gasteiger partial charge in [0, 0.05) is 49.7 Å². The van der Waals surface area contributed by atoms with Crippen molar-refractivity contribution in [3.8, 4) is 23.0 Å². The number of fused-ring (bicyclic) bond motifs is 5. The molecule has 2 unspecified atom stereocenters. The lowest BCUT2D eigenvalue weighted by molar-refractivity contribution is 0.107. The van der Waals surface area contributed by atoms with Gasteiger partial charge in [0.2, 0.25) is 0 Å². The lowest BCUT2D eigenvalue weighted by atomic mass is 9.95. The summed E-state index contributed by atoms with van der Waals surface area (Å²) >= 11 is 0. The molecule has 44 heavy (non-hydrogen) atoms. The highest BCUT2D eigenvalue weighted by Gasteiger charge is 2.49. The minimum atomic E-state index is -0.844. The summed E-state index contributed by atoms with van der Waals surface area (Å²) in [6.45, 7) is 3.37. The first-order chi connectivity index (χ1) is 21.5. The van der Waals surface area contributed by atoms with Gasteiger partial charge in [-0.05, 0) is 74.0 Å². The minimum Gasteiger partial charge on any atom is -0.508 e. The second-order valence-electron chi connectivity index (χ2n) is 13.6. The molecule has 2 bridgehead atoms. The van der Waals surface area contributed by atoms with E-state index in [0.29, 0.717) is 36.3 Å². The number of hydrogen-bond acceptors (Lipinski definition) is 8. The van der Waals surface area contributed by atoms with Gasteiger partial charge in [-0.25, -0.2) is 4.39 Å². The number of aromatic hydroxyl groups is 1. The molecule has 2 aromatic carbocycles. The van der Waals surface area contributed by atoms with Gasteiger partial charge in [0.15, 0.2) is 0 Å². The van der Waals surface area contributed by atoms with Gasteiger partial charge in [0.05, 0.1) is 16.7 Å². The standard InChI is InChI=1S/C34H37FN6O3/c35-21-15-34(10-3-11-39(34)18-21)19-44-33-37-28-14-29(27-13-25(42)12-20-4-1-2-5-26(20)27)41(22-6-7-22)32(43)30(28)31(38-33)40-23-8-9-24(40)17-36-16-23/h1-2,4-5,12-14,21-24,36,42H,3,6-11,15-19H2/t21-,23?,24?,34+/m1/s1. The molecule has 9 nitrogen and oxygen atoms in total. The molecule has 1 aliphatic carbocycles. The quantitative estimate of drug-likeness (QED) is 0.335. The summed E-state index contributed by atoms with van der Waals surface area (Å²) in [5, 5.41) is 16.7. The normalized spacial score (nSPS) is 28.3. The molecule has 0 amide bonds. The van der Waals surface area contributed by atoms with Crippen LogP contribution in [-0.2, 0) is 0 Å². The molecule has 6 heterocycles. The summed E-state index contributed by atoms with van der Waals surface area (Å²) in [5.41, 5.74) is 1.67. The lowest BCUT2D eigenvalue weighted by Gasteiger charge is -2.37. The number of ether oxygens (including phenoxy) is 1. The Balaban J connectivity index is 1.24. The van der Waals surface area contributed by atoms with E-state index in [2.05, 4.69) is 15.1 Å². The average Bonchev–Trinajstić information content (AvgIpc) is 3.64. The zero-order valence-electron chi connectivity index (χ0n) is 24.7. The molecule has 4 aliphatic heterocycles. The van der Waals surface area contributed by atoms with Crippen LogP contribution in [0.1, 0.15) is 51.0 Å². The average molecular weight is 597 g/mol. The number of piperazine rings is 1. The maximum absolute atomic E-state index is 14.7. The molecule has 5 aliphatic rings. The predicted molar refractivity (Wildman–Crippen MR) is 167 cm³/mol. The molecule has 9 rings (SSSR count). The highest BCUT2D eigenvalue weighted by Crippen LogP contribution is 2.44. The van der Waals surface area contributed by atoms with Crippen molar-refractivity contribution in [3.63, 3.8) is 0 Å². The summed E-state index contributed by atoms with van der Waals surface area (Å²) in [5.74, 6) is 0.808. The molecule has 0 spiro atoms. The maximum Gasteiger partial charge on any atom is 0.319 e. The fourth-order valence-corrected chi connectivity index (χ4v) is 8.62. The Morgan fingerprint density at radius 2 is 1.84 bits per heavy atom. The Morgan fingerprint density at radius 1 is 1.05 bits per heavy atom. The van der Waals surface area contributed by atoms with E-state index in [9.17, 15) is 14.3 Å². The first-order valence-corrected chi connectivity index (χ1v) is 16.2. The number of nitrogens with zero attached hydrogens (tertiary/aromatic N) is 5. The molecule has 0 radical (unpaired) electrons. The number of benzene rings is 2. The zero-order chi connectivity index (χ0) is 29.6. The van der Waals surface area contributed by atoms with Gasteiger partial charge in [0.1, 0.15) is 29.7 Å². The molecule has 5 fully saturated rings. The third kappa shape index (κ3) is 4.14. The van der Waals surface area contributed by atoms with Crippen molar-refractivity contribution in [1.82, 2.24) is 24.8 Å². The van der Waals surface area contributed by atoms with Gasteiger partial charge in [0.25, 0.3) is 5.56 Å². The van der Waals surface area contributed by atoms with Crippen LogP contribution in [0.15, 0.2) is 47.3 Å². The van der Waals surface area contributed by atoms with Gasteiger partial charge in [-0.3, -0.25) is 9.69 Å². The van der Waals surface area contributed by atoms with Crippen molar-refractivity contribution in [3.05, 3.63) is 52.8 Å². The fourth-order valence-electron chi connectivity index (χ4n) is 8.62. The number of nitrogens with one attached hydrogen (secondary N) is 1. The van der Waals surface area contributed by atoms with Gasteiger partial charge in [-0.1, -0.05) is 24.3 Å². The summed E-state index contributed by atoms with van der Waals surface area (Å²) in [7, 11) is 0. The Morgan fingerprint density at radius 3 is 2.66 bits per heavy atom. The van der Waals surface area contributed by atoms with Crippen molar-refractivity contribution < 1.29 is 14.2 Å². The Labute approximate surface area is 254 Å². The highest BCUT2D eigenvalue weighted by atomic mass is 19.1. The number of alkyl halides is 1. The molecular formula is C34H37FN6O3. The van der Waals surface area contributed by atoms with Gasteiger partial charge >= 0.3 is 6.01 Å². The van der Waals surface area contributed by atoms with Gasteiger partial charge in [-0.2, -0.15) is 9.97 Å². The van der Waals surface area contributed by atoms with E-state index in [0.717, 1.165) is 80.2 Å². The minimum absolute atomic E-state index is 0.0926. The summed E-state index contributed by atoms with van der Waals surface area (Å²) in [4.78, 5) is 29.1. The van der Waals surface area contributed by atoms with Crippen molar-refractivity contribution in [2.45, 2.75) is 74.8 Å². The number of phenolic OH excluding ortho intramolecular Hbond substituents is 1. The first-order valence-electron chi connectivity index (χ1n) is 16.2. The number of halogens is 1. The number of pyridine rings is 1. The predicted octanol–water partition coefficient (Wildman–Crippen LogP) is 4.55. The lowest BCUT2D eigenvalue weighted by Crippen LogP contribution is -2.52. The molecule has 1 saturated carbocycles. The van der Waals surface area contributed by atoms with Crippen molar-refractivity contribution in [2.75, 3.05) is 37.7 Å². The van der Waals surface area contributed by atoms with E-state index in [1.54, 1.807) is 12.1 Å². The van der Waals surface area contributed by atoms with Crippen LogP contribution in [0.4, 0.5) is 10.2 Å². The third-order valence-electron chi connectivity index (χ3n) is 10.8. The molecule has 2 N–H and O–H groups in total. The van der Waals surface area contributed by atoms with Gasteiger partial charge < -0.3 is 24.6 Å². The number of rotatable bonds is 6. The maximum atomic E-state index is 14.7. The summed E-state index contributed by atoms with van der Waals surface area (Å²) in [6, 6.07) is 14.2. The van der Waals surface area contributed by atoms with Crippen LogP contribution >= 0.6 is 0 Å². The van der Waals surface area contributed by atoms with E-state index in [1.165, 1.54) is 0 Å². The second kappa shape index (κ2) is 9.87. The Bertz CT molecular complexity index is 1840. The van der Waals surface area contributed by atoms with Crippen molar-refractivity contribution in [2.24, 2.45) is 0 Å². The number of aromatic nitrogens is 3. The number of hydrogen-bond donors (Lipinski definition) is 2. The number of phenols is 1. The third-order valence-corrected chi connectivity index (χ3v) is 10.8. The topological polar surface area (TPSA) is 95.8 Å². The molecule has 4 aromatic rings. The van der Waals surface area contributed by atoms with E-state index < -0.39 is 6.17 Å². The van der Waals surface area contributed by atoms with Crippen LogP contribution in [0.5, 0.6) is 11.8 Å². The van der Waals surface area contributed by atoms with Crippen LogP contribution < -0.4 is 20.5 Å². The monoisotopic (exact) mass is 596 g/mol. The Kier molecular flexibility index (Phi) is 5.97. The van der Waals surface area contributed by atoms with Crippen LogP contribution in [0, 0.1) is 0 Å².